The molecule has 1 heterocycles. The highest BCUT2D eigenvalue weighted by molar-refractivity contribution is 5.97. The van der Waals surface area contributed by atoms with Gasteiger partial charge in [-0.25, -0.2) is 4.79 Å². The number of aliphatic carboxylic acids is 1. The zero-order chi connectivity index (χ0) is 15.6. The van der Waals surface area contributed by atoms with Crippen LogP contribution >= 0.6 is 0 Å². The quantitative estimate of drug-likeness (QED) is 0.928. The third kappa shape index (κ3) is 3.01. The summed E-state index contributed by atoms with van der Waals surface area (Å²) in [5.41, 5.74) is 1.41. The highest BCUT2D eigenvalue weighted by Gasteiger charge is 2.37. The summed E-state index contributed by atoms with van der Waals surface area (Å²) in [5.74, 6) is -0.577. The van der Waals surface area contributed by atoms with Gasteiger partial charge in [-0.3, -0.25) is 4.79 Å². The number of benzene rings is 1. The Kier molecular flexibility index (Phi) is 4.50. The van der Waals surface area contributed by atoms with Gasteiger partial charge in [0.25, 0.3) is 5.91 Å². The zero-order valence-corrected chi connectivity index (χ0v) is 12.6. The van der Waals surface area contributed by atoms with Gasteiger partial charge in [0.05, 0.1) is 7.11 Å². The smallest absolute Gasteiger partial charge is 0.326 e. The highest BCUT2D eigenvalue weighted by atomic mass is 16.5. The van der Waals surface area contributed by atoms with E-state index in [9.17, 15) is 14.7 Å². The summed E-state index contributed by atoms with van der Waals surface area (Å²) in [6.07, 6.45) is 1.66. The number of methoxy groups -OCH3 is 1. The van der Waals surface area contributed by atoms with Crippen LogP contribution in [0.5, 0.6) is 5.75 Å². The number of aryl methyl sites for hydroxylation is 1. The van der Waals surface area contributed by atoms with Crippen molar-refractivity contribution in [3.63, 3.8) is 0 Å². The van der Waals surface area contributed by atoms with E-state index in [-0.39, 0.29) is 11.8 Å². The summed E-state index contributed by atoms with van der Waals surface area (Å²) in [6.45, 7) is 4.26. The van der Waals surface area contributed by atoms with Crippen molar-refractivity contribution in [1.82, 2.24) is 4.90 Å². The van der Waals surface area contributed by atoms with Gasteiger partial charge in [-0.05, 0) is 43.4 Å². The maximum absolute atomic E-state index is 12.6. The van der Waals surface area contributed by atoms with Gasteiger partial charge >= 0.3 is 5.97 Å². The number of nitrogens with zero attached hydrogens (tertiary/aromatic N) is 1. The van der Waals surface area contributed by atoms with Crippen molar-refractivity contribution in [2.24, 2.45) is 5.92 Å². The van der Waals surface area contributed by atoms with E-state index in [2.05, 4.69) is 0 Å². The van der Waals surface area contributed by atoms with Gasteiger partial charge < -0.3 is 14.7 Å². The normalized spacial score (nSPS) is 22.0. The minimum atomic E-state index is -0.936. The van der Waals surface area contributed by atoms with Gasteiger partial charge in [-0.2, -0.15) is 0 Å². The third-order valence-corrected chi connectivity index (χ3v) is 4.10. The molecule has 1 N–H and O–H groups in total. The van der Waals surface area contributed by atoms with Gasteiger partial charge in [0.1, 0.15) is 11.8 Å². The van der Waals surface area contributed by atoms with Gasteiger partial charge in [-0.1, -0.05) is 13.0 Å². The number of carbonyl (C=O) groups is 2. The summed E-state index contributed by atoms with van der Waals surface area (Å²) in [4.78, 5) is 25.6. The molecule has 0 bridgehead atoms. The molecule has 2 unspecified atom stereocenters. The first-order valence-electron chi connectivity index (χ1n) is 7.14. The van der Waals surface area contributed by atoms with E-state index in [0.29, 0.717) is 17.9 Å². The van der Waals surface area contributed by atoms with E-state index in [4.69, 9.17) is 4.74 Å². The van der Waals surface area contributed by atoms with Crippen LogP contribution in [-0.4, -0.2) is 41.6 Å². The van der Waals surface area contributed by atoms with Gasteiger partial charge in [0.15, 0.2) is 0 Å². The summed E-state index contributed by atoms with van der Waals surface area (Å²) in [7, 11) is 1.56. The van der Waals surface area contributed by atoms with Crippen molar-refractivity contribution < 1.29 is 19.4 Å². The van der Waals surface area contributed by atoms with Gasteiger partial charge in [0.2, 0.25) is 0 Å². The molecule has 1 aliphatic heterocycles. The number of carboxylic acid groups (broad SMARTS) is 1. The van der Waals surface area contributed by atoms with Gasteiger partial charge in [-0.15, -0.1) is 0 Å². The second-order valence-corrected chi connectivity index (χ2v) is 5.59. The van der Waals surface area contributed by atoms with E-state index >= 15 is 0 Å². The molecule has 0 spiro atoms. The molecule has 2 rings (SSSR count). The predicted molar refractivity (Wildman–Crippen MR) is 78.6 cm³/mol. The van der Waals surface area contributed by atoms with Crippen LogP contribution in [0.4, 0.5) is 0 Å². The van der Waals surface area contributed by atoms with Crippen molar-refractivity contribution in [3.8, 4) is 5.75 Å². The molecule has 5 nitrogen and oxygen atoms in total. The fourth-order valence-corrected chi connectivity index (χ4v) is 2.91. The molecule has 1 aromatic carbocycles. The number of hydrogen-bond donors (Lipinski definition) is 1. The van der Waals surface area contributed by atoms with Crippen molar-refractivity contribution >= 4 is 11.9 Å². The topological polar surface area (TPSA) is 66.8 Å². The maximum Gasteiger partial charge on any atom is 0.326 e. The van der Waals surface area contributed by atoms with Crippen LogP contribution in [0.2, 0.25) is 0 Å². The number of carboxylic acids is 1. The first-order chi connectivity index (χ1) is 9.95. The van der Waals surface area contributed by atoms with Crippen molar-refractivity contribution in [2.75, 3.05) is 13.7 Å². The largest absolute Gasteiger partial charge is 0.496 e. The van der Waals surface area contributed by atoms with E-state index < -0.39 is 12.0 Å². The minimum absolute atomic E-state index is 0.0347. The molecule has 1 aromatic rings. The molecule has 21 heavy (non-hydrogen) atoms. The highest BCUT2D eigenvalue weighted by Crippen LogP contribution is 2.27. The predicted octanol–water partition coefficient (Wildman–Crippen LogP) is 2.33. The van der Waals surface area contributed by atoms with E-state index in [1.54, 1.807) is 19.2 Å². The van der Waals surface area contributed by atoms with E-state index in [1.165, 1.54) is 4.90 Å². The zero-order valence-electron chi connectivity index (χ0n) is 12.6. The van der Waals surface area contributed by atoms with Crippen LogP contribution in [0.1, 0.15) is 35.7 Å². The Morgan fingerprint density at radius 3 is 2.71 bits per heavy atom. The number of ether oxygens (including phenoxy) is 1. The summed E-state index contributed by atoms with van der Waals surface area (Å²) in [6, 6.07) is 4.46. The van der Waals surface area contributed by atoms with Crippen molar-refractivity contribution in [3.05, 3.63) is 29.3 Å². The second-order valence-electron chi connectivity index (χ2n) is 5.59. The number of amides is 1. The van der Waals surface area contributed by atoms with E-state index in [0.717, 1.165) is 18.4 Å². The van der Waals surface area contributed by atoms with Crippen molar-refractivity contribution in [1.29, 1.82) is 0 Å². The number of hydrogen-bond acceptors (Lipinski definition) is 3. The number of likely N-dealkylation sites (tertiary alicyclic amines) is 1. The van der Waals surface area contributed by atoms with Crippen LogP contribution in [0.25, 0.3) is 0 Å². The Labute approximate surface area is 124 Å². The van der Waals surface area contributed by atoms with Crippen molar-refractivity contribution in [2.45, 2.75) is 32.7 Å². The number of carbonyl (C=O) groups excluding carboxylic acids is 1. The third-order valence-electron chi connectivity index (χ3n) is 4.10. The number of piperidine rings is 1. The molecule has 0 radical (unpaired) electrons. The SMILES string of the molecule is COc1cc(C(=O)N2CCCC(C)C2C(=O)O)ccc1C. The molecular formula is C16H21NO4. The van der Waals surface area contributed by atoms with Gasteiger partial charge in [0, 0.05) is 12.1 Å². The molecule has 114 valence electrons. The minimum Gasteiger partial charge on any atom is -0.496 e. The Morgan fingerprint density at radius 2 is 2.10 bits per heavy atom. The second kappa shape index (κ2) is 6.16. The lowest BCUT2D eigenvalue weighted by Crippen LogP contribution is -2.51. The first kappa shape index (κ1) is 15.4. The van der Waals surface area contributed by atoms with Crippen LogP contribution < -0.4 is 4.74 Å². The standard InChI is InChI=1S/C16H21NO4/c1-10-6-7-12(9-13(10)21-3)15(18)17-8-4-5-11(2)14(17)16(19)20/h6-7,9,11,14H,4-5,8H2,1-3H3,(H,19,20). The first-order valence-corrected chi connectivity index (χ1v) is 7.14. The summed E-state index contributed by atoms with van der Waals surface area (Å²) < 4.78 is 5.23. The average molecular weight is 291 g/mol. The Morgan fingerprint density at radius 1 is 1.38 bits per heavy atom. The average Bonchev–Trinajstić information content (AvgIpc) is 2.46. The summed E-state index contributed by atoms with van der Waals surface area (Å²) in [5, 5.41) is 9.40. The fraction of sp³-hybridized carbons (Fsp3) is 0.500. The van der Waals surface area contributed by atoms with Crippen LogP contribution in [0.15, 0.2) is 18.2 Å². The molecule has 0 aliphatic carbocycles. The lowest BCUT2D eigenvalue weighted by Gasteiger charge is -2.37. The Bertz CT molecular complexity index is 555. The molecule has 1 aliphatic rings. The monoisotopic (exact) mass is 291 g/mol. The lowest BCUT2D eigenvalue weighted by molar-refractivity contribution is -0.145. The molecular weight excluding hydrogens is 270 g/mol. The molecule has 2 atom stereocenters. The molecule has 1 saturated heterocycles. The lowest BCUT2D eigenvalue weighted by atomic mass is 9.90. The fourth-order valence-electron chi connectivity index (χ4n) is 2.91. The number of rotatable bonds is 3. The molecule has 0 saturated carbocycles. The Balaban J connectivity index is 2.31. The molecule has 0 aromatic heterocycles. The van der Waals surface area contributed by atoms with Crippen LogP contribution in [0, 0.1) is 12.8 Å². The Hall–Kier alpha value is -2.04. The molecule has 5 heteroatoms. The van der Waals surface area contributed by atoms with Crippen LogP contribution in [0.3, 0.4) is 0 Å². The summed E-state index contributed by atoms with van der Waals surface area (Å²) >= 11 is 0. The van der Waals surface area contributed by atoms with E-state index in [1.807, 2.05) is 19.9 Å². The molecule has 1 fully saturated rings. The maximum atomic E-state index is 12.6. The molecule has 1 amide bonds. The van der Waals surface area contributed by atoms with Crippen LogP contribution in [-0.2, 0) is 4.79 Å².